The van der Waals surface area contributed by atoms with E-state index >= 15 is 0 Å². The van der Waals surface area contributed by atoms with E-state index in [1.54, 1.807) is 4.90 Å². The summed E-state index contributed by atoms with van der Waals surface area (Å²) < 4.78 is 17.6. The maximum Gasteiger partial charge on any atom is 0.410 e. The molecule has 0 aliphatic carbocycles. The largest absolute Gasteiger partial charge is 0.490 e. The number of piperidine rings is 1. The van der Waals surface area contributed by atoms with E-state index in [0.717, 1.165) is 41.6 Å². The van der Waals surface area contributed by atoms with E-state index in [1.165, 1.54) is 11.1 Å². The molecule has 0 radical (unpaired) electrons. The Morgan fingerprint density at radius 3 is 2.69 bits per heavy atom. The van der Waals surface area contributed by atoms with Crippen molar-refractivity contribution in [1.29, 1.82) is 0 Å². The number of fused-ring (bicyclic) bond motifs is 1. The van der Waals surface area contributed by atoms with Crippen molar-refractivity contribution in [2.24, 2.45) is 0 Å². The lowest BCUT2D eigenvalue weighted by Crippen LogP contribution is -2.48. The van der Waals surface area contributed by atoms with Crippen LogP contribution in [0, 0.1) is 6.92 Å². The minimum absolute atomic E-state index is 0.0832. The number of aryl methyl sites for hydroxylation is 1. The highest BCUT2D eigenvalue weighted by atomic mass is 16.6. The summed E-state index contributed by atoms with van der Waals surface area (Å²) in [6.45, 7) is 7.46. The van der Waals surface area contributed by atoms with E-state index in [9.17, 15) is 4.79 Å². The summed E-state index contributed by atoms with van der Waals surface area (Å²) in [5.41, 5.74) is 4.54. The molecule has 1 aromatic heterocycles. The minimum Gasteiger partial charge on any atom is -0.490 e. The molecule has 0 spiro atoms. The van der Waals surface area contributed by atoms with Gasteiger partial charge < -0.3 is 24.4 Å². The highest BCUT2D eigenvalue weighted by Crippen LogP contribution is 2.30. The van der Waals surface area contributed by atoms with Gasteiger partial charge in [0.25, 0.3) is 0 Å². The van der Waals surface area contributed by atoms with Gasteiger partial charge in [0.2, 0.25) is 0 Å². The zero-order valence-corrected chi connectivity index (χ0v) is 20.4. The molecule has 2 atom stereocenters. The van der Waals surface area contributed by atoms with E-state index in [4.69, 9.17) is 14.2 Å². The van der Waals surface area contributed by atoms with Crippen LogP contribution in [0.3, 0.4) is 0 Å². The average Bonchev–Trinajstić information content (AvgIpc) is 2.90. The molecule has 184 valence electrons. The number of benzene rings is 2. The van der Waals surface area contributed by atoms with Crippen molar-refractivity contribution in [2.75, 3.05) is 32.8 Å². The molecular formula is C28H33N3O4. The monoisotopic (exact) mass is 475 g/mol. The fourth-order valence-corrected chi connectivity index (χ4v) is 4.86. The fourth-order valence-electron chi connectivity index (χ4n) is 4.86. The van der Waals surface area contributed by atoms with Gasteiger partial charge >= 0.3 is 6.09 Å². The lowest BCUT2D eigenvalue weighted by atomic mass is 9.98. The van der Waals surface area contributed by atoms with E-state index in [1.807, 2.05) is 31.3 Å². The van der Waals surface area contributed by atoms with Crippen molar-refractivity contribution in [3.05, 3.63) is 60.3 Å². The van der Waals surface area contributed by atoms with Crippen LogP contribution in [0.15, 0.2) is 54.7 Å². The van der Waals surface area contributed by atoms with Crippen molar-refractivity contribution < 1.29 is 19.0 Å². The summed E-state index contributed by atoms with van der Waals surface area (Å²) in [5.74, 6) is 0.849. The molecule has 1 N–H and O–H groups in total. The average molecular weight is 476 g/mol. The molecule has 3 heterocycles. The van der Waals surface area contributed by atoms with Crippen LogP contribution in [0.5, 0.6) is 5.75 Å². The summed E-state index contributed by atoms with van der Waals surface area (Å²) in [7, 11) is 0. The van der Waals surface area contributed by atoms with Gasteiger partial charge in [0, 0.05) is 50.6 Å². The molecule has 2 aliphatic heterocycles. The molecule has 0 bridgehead atoms. The Labute approximate surface area is 206 Å². The van der Waals surface area contributed by atoms with Crippen LogP contribution >= 0.6 is 0 Å². The topological polar surface area (TPSA) is 72.9 Å². The number of morpholine rings is 1. The first-order chi connectivity index (χ1) is 17.1. The highest BCUT2D eigenvalue weighted by Gasteiger charge is 2.29. The Balaban J connectivity index is 1.14. The zero-order valence-electron chi connectivity index (χ0n) is 20.4. The Hall–Kier alpha value is -3.16. The van der Waals surface area contributed by atoms with Crippen molar-refractivity contribution in [1.82, 2.24) is 15.2 Å². The number of hydrogen-bond acceptors (Lipinski definition) is 6. The van der Waals surface area contributed by atoms with Gasteiger partial charge in [-0.2, -0.15) is 0 Å². The number of nitrogens with zero attached hydrogens (tertiary/aromatic N) is 2. The summed E-state index contributed by atoms with van der Waals surface area (Å²) in [6.07, 6.45) is 2.85. The maximum absolute atomic E-state index is 12.6. The summed E-state index contributed by atoms with van der Waals surface area (Å²) >= 11 is 0. The SMILES string of the molecule is Cc1c(-c2ccc(OC3CCN(C(=O)OC(C)C4CNCCO4)CC3)cc2)ccc2cccnc12. The molecule has 3 aromatic rings. The van der Waals surface area contributed by atoms with E-state index in [-0.39, 0.29) is 24.4 Å². The summed E-state index contributed by atoms with van der Waals surface area (Å²) in [5, 5.41) is 4.42. The number of aromatic nitrogens is 1. The third-order valence-corrected chi connectivity index (χ3v) is 6.96. The molecule has 1 amide bonds. The fraction of sp³-hybridized carbons (Fsp3) is 0.429. The molecule has 2 aliphatic rings. The second-order valence-electron chi connectivity index (χ2n) is 9.34. The van der Waals surface area contributed by atoms with Gasteiger partial charge in [-0.3, -0.25) is 4.98 Å². The Kier molecular flexibility index (Phi) is 7.16. The molecule has 2 aromatic carbocycles. The zero-order chi connectivity index (χ0) is 24.2. The van der Waals surface area contributed by atoms with Crippen LogP contribution < -0.4 is 10.1 Å². The molecule has 0 saturated carbocycles. The molecule has 5 rings (SSSR count). The second kappa shape index (κ2) is 10.6. The number of pyridine rings is 1. The van der Waals surface area contributed by atoms with E-state index in [2.05, 4.69) is 47.6 Å². The molecule has 7 heteroatoms. The number of rotatable bonds is 5. The first-order valence-electron chi connectivity index (χ1n) is 12.5. The highest BCUT2D eigenvalue weighted by molar-refractivity contribution is 5.88. The smallest absolute Gasteiger partial charge is 0.410 e. The number of carbonyl (C=O) groups excluding carboxylic acids is 1. The van der Waals surface area contributed by atoms with Crippen molar-refractivity contribution in [3.63, 3.8) is 0 Å². The van der Waals surface area contributed by atoms with Crippen molar-refractivity contribution >= 4 is 17.0 Å². The lowest BCUT2D eigenvalue weighted by molar-refractivity contribution is -0.0588. The molecular weight excluding hydrogens is 442 g/mol. The number of likely N-dealkylation sites (tertiary alicyclic amines) is 1. The van der Waals surface area contributed by atoms with Crippen molar-refractivity contribution in [3.8, 4) is 16.9 Å². The Morgan fingerprint density at radius 2 is 1.94 bits per heavy atom. The van der Waals surface area contributed by atoms with Gasteiger partial charge in [0.15, 0.2) is 0 Å². The second-order valence-corrected chi connectivity index (χ2v) is 9.34. The first-order valence-corrected chi connectivity index (χ1v) is 12.5. The van der Waals surface area contributed by atoms with Crippen LogP contribution in [0.2, 0.25) is 0 Å². The number of carbonyl (C=O) groups is 1. The molecule has 7 nitrogen and oxygen atoms in total. The quantitative estimate of drug-likeness (QED) is 0.583. The van der Waals surface area contributed by atoms with Gasteiger partial charge in [-0.05, 0) is 48.7 Å². The number of amides is 1. The van der Waals surface area contributed by atoms with Crippen LogP contribution in [-0.4, -0.2) is 67.1 Å². The normalized spacial score (nSPS) is 19.9. The lowest BCUT2D eigenvalue weighted by Gasteiger charge is -2.34. The minimum atomic E-state index is -0.273. The van der Waals surface area contributed by atoms with Gasteiger partial charge in [-0.15, -0.1) is 0 Å². The Morgan fingerprint density at radius 1 is 1.14 bits per heavy atom. The van der Waals surface area contributed by atoms with E-state index in [0.29, 0.717) is 26.2 Å². The molecule has 2 unspecified atom stereocenters. The van der Waals surface area contributed by atoms with Gasteiger partial charge in [0.05, 0.1) is 12.1 Å². The van der Waals surface area contributed by atoms with Crippen LogP contribution in [0.4, 0.5) is 4.79 Å². The third kappa shape index (κ3) is 5.41. The number of hydrogen-bond donors (Lipinski definition) is 1. The predicted molar refractivity (Wildman–Crippen MR) is 136 cm³/mol. The van der Waals surface area contributed by atoms with Crippen molar-refractivity contribution in [2.45, 2.75) is 45.0 Å². The van der Waals surface area contributed by atoms with Gasteiger partial charge in [-0.1, -0.05) is 30.3 Å². The van der Waals surface area contributed by atoms with Crippen LogP contribution in [0.25, 0.3) is 22.0 Å². The summed E-state index contributed by atoms with van der Waals surface area (Å²) in [4.78, 5) is 18.9. The standard InChI is InChI=1S/C28H33N3O4/c1-19-25(10-7-22-4-3-13-30-27(19)22)21-5-8-23(9-6-21)35-24-11-15-31(16-12-24)28(32)34-20(2)26-18-29-14-17-33-26/h3-10,13,20,24,26,29H,11-12,14-18H2,1-2H3. The molecule has 2 fully saturated rings. The van der Waals surface area contributed by atoms with Crippen LogP contribution in [-0.2, 0) is 9.47 Å². The van der Waals surface area contributed by atoms with E-state index < -0.39 is 0 Å². The van der Waals surface area contributed by atoms with Crippen LogP contribution in [0.1, 0.15) is 25.3 Å². The first kappa shape index (κ1) is 23.6. The predicted octanol–water partition coefficient (Wildman–Crippen LogP) is 4.57. The van der Waals surface area contributed by atoms with Gasteiger partial charge in [0.1, 0.15) is 24.1 Å². The number of ether oxygens (including phenoxy) is 3. The molecule has 2 saturated heterocycles. The number of nitrogens with one attached hydrogen (secondary N) is 1. The third-order valence-electron chi connectivity index (χ3n) is 6.96. The maximum atomic E-state index is 12.6. The Bertz CT molecular complexity index is 1150. The molecule has 35 heavy (non-hydrogen) atoms. The van der Waals surface area contributed by atoms with Gasteiger partial charge in [-0.25, -0.2) is 4.79 Å². The summed E-state index contributed by atoms with van der Waals surface area (Å²) in [6, 6.07) is 16.6.